The van der Waals surface area contributed by atoms with Crippen molar-refractivity contribution in [1.82, 2.24) is 15.0 Å². The van der Waals surface area contributed by atoms with E-state index in [0.29, 0.717) is 5.82 Å². The van der Waals surface area contributed by atoms with E-state index in [1.807, 2.05) is 19.2 Å². The van der Waals surface area contributed by atoms with E-state index in [4.69, 9.17) is 9.97 Å². The number of hydrogen-bond donors (Lipinski definition) is 1. The van der Waals surface area contributed by atoms with E-state index >= 15 is 0 Å². The zero-order valence-corrected chi connectivity index (χ0v) is 14.5. The smallest absolute Gasteiger partial charge is 0.163 e. The van der Waals surface area contributed by atoms with Crippen LogP contribution >= 0.6 is 0 Å². The van der Waals surface area contributed by atoms with Crippen molar-refractivity contribution in [2.45, 2.75) is 19.8 Å². The first kappa shape index (κ1) is 15.5. The van der Waals surface area contributed by atoms with Crippen LogP contribution in [0, 0.1) is 0 Å². The molecule has 0 spiro atoms. The van der Waals surface area contributed by atoms with Crippen molar-refractivity contribution in [3.63, 3.8) is 0 Å². The van der Waals surface area contributed by atoms with E-state index in [1.54, 1.807) is 12.4 Å². The van der Waals surface area contributed by atoms with Gasteiger partial charge in [-0.3, -0.25) is 4.98 Å². The van der Waals surface area contributed by atoms with Crippen LogP contribution in [0.5, 0.6) is 0 Å². The number of fused-ring (bicyclic) bond motifs is 1. The van der Waals surface area contributed by atoms with Gasteiger partial charge in [-0.1, -0.05) is 18.2 Å². The third-order valence-corrected chi connectivity index (χ3v) is 4.55. The molecule has 124 valence electrons. The number of nitrogens with zero attached hydrogens (tertiary/aromatic N) is 3. The van der Waals surface area contributed by atoms with E-state index in [-0.39, 0.29) is 0 Å². The molecule has 4 heteroatoms. The number of allylic oxidation sites excluding steroid dienone is 4. The predicted octanol–water partition coefficient (Wildman–Crippen LogP) is 4.86. The lowest BCUT2D eigenvalue weighted by Crippen LogP contribution is -2.00. The van der Waals surface area contributed by atoms with Crippen LogP contribution in [0.2, 0.25) is 0 Å². The molecule has 2 heterocycles. The van der Waals surface area contributed by atoms with Gasteiger partial charge in [0.05, 0.1) is 5.52 Å². The van der Waals surface area contributed by atoms with Crippen molar-refractivity contribution in [2.24, 2.45) is 0 Å². The number of anilines is 1. The lowest BCUT2D eigenvalue weighted by Gasteiger charge is -2.15. The number of aromatic nitrogens is 3. The summed E-state index contributed by atoms with van der Waals surface area (Å²) >= 11 is 0. The van der Waals surface area contributed by atoms with E-state index < -0.39 is 0 Å². The fraction of sp³-hybridized carbons (Fsp3) is 0.190. The van der Waals surface area contributed by atoms with E-state index in [9.17, 15) is 0 Å². The summed E-state index contributed by atoms with van der Waals surface area (Å²) in [5.41, 5.74) is 5.71. The third-order valence-electron chi connectivity index (χ3n) is 4.55. The number of rotatable bonds is 3. The predicted molar refractivity (Wildman–Crippen MR) is 103 cm³/mol. The van der Waals surface area contributed by atoms with E-state index in [0.717, 1.165) is 35.1 Å². The van der Waals surface area contributed by atoms with Gasteiger partial charge in [0.2, 0.25) is 0 Å². The van der Waals surface area contributed by atoms with Gasteiger partial charge < -0.3 is 5.32 Å². The number of nitrogens with one attached hydrogen (secondary N) is 1. The van der Waals surface area contributed by atoms with Crippen LogP contribution in [0.1, 0.15) is 25.3 Å². The Morgan fingerprint density at radius 1 is 1.00 bits per heavy atom. The highest BCUT2D eigenvalue weighted by Gasteiger charge is 2.12. The van der Waals surface area contributed by atoms with Crippen LogP contribution in [0.4, 0.5) is 5.82 Å². The van der Waals surface area contributed by atoms with E-state index in [1.165, 1.54) is 16.7 Å². The molecular weight excluding hydrogens is 308 g/mol. The first-order valence-corrected chi connectivity index (χ1v) is 8.54. The molecule has 0 saturated carbocycles. The molecule has 0 amide bonds. The molecule has 0 bridgehead atoms. The monoisotopic (exact) mass is 328 g/mol. The van der Waals surface area contributed by atoms with Crippen LogP contribution in [-0.4, -0.2) is 22.0 Å². The fourth-order valence-corrected chi connectivity index (χ4v) is 3.25. The Morgan fingerprint density at radius 2 is 1.88 bits per heavy atom. The lowest BCUT2D eigenvalue weighted by atomic mass is 9.92. The topological polar surface area (TPSA) is 50.7 Å². The SMILES string of the molecule is CNc1nc(-c2cccnc2)nc2ccc(C3=CCCC=C3C)cc12. The van der Waals surface area contributed by atoms with Crippen LogP contribution in [0.25, 0.3) is 27.9 Å². The molecule has 1 N–H and O–H groups in total. The quantitative estimate of drug-likeness (QED) is 0.746. The summed E-state index contributed by atoms with van der Waals surface area (Å²) in [6.07, 6.45) is 10.4. The second-order valence-corrected chi connectivity index (χ2v) is 6.20. The molecule has 25 heavy (non-hydrogen) atoms. The van der Waals surface area contributed by atoms with Crippen molar-refractivity contribution in [3.8, 4) is 11.4 Å². The summed E-state index contributed by atoms with van der Waals surface area (Å²) in [6.45, 7) is 2.18. The number of benzene rings is 1. The van der Waals surface area contributed by atoms with Gasteiger partial charge >= 0.3 is 0 Å². The van der Waals surface area contributed by atoms with Crippen molar-refractivity contribution in [3.05, 3.63) is 66.0 Å². The summed E-state index contributed by atoms with van der Waals surface area (Å²) in [6, 6.07) is 10.3. The maximum atomic E-state index is 4.73. The third kappa shape index (κ3) is 2.91. The van der Waals surface area contributed by atoms with Gasteiger partial charge in [-0.05, 0) is 60.7 Å². The Morgan fingerprint density at radius 3 is 2.64 bits per heavy atom. The van der Waals surface area contributed by atoms with Gasteiger partial charge in [-0.25, -0.2) is 9.97 Å². The number of hydrogen-bond acceptors (Lipinski definition) is 4. The van der Waals surface area contributed by atoms with Gasteiger partial charge in [0.15, 0.2) is 5.82 Å². The molecule has 4 rings (SSSR count). The standard InChI is InChI=1S/C21H20N4/c1-14-6-3-4-8-17(14)15-9-10-19-18(12-15)21(22-2)25-20(24-19)16-7-5-11-23-13-16/h5-13H,3-4H2,1-2H3,(H,22,24,25). The summed E-state index contributed by atoms with van der Waals surface area (Å²) in [5, 5.41) is 4.25. The Kier molecular flexibility index (Phi) is 4.02. The maximum absolute atomic E-state index is 4.73. The zero-order valence-electron chi connectivity index (χ0n) is 14.5. The molecule has 0 atom stereocenters. The zero-order chi connectivity index (χ0) is 17.2. The first-order chi connectivity index (χ1) is 12.3. The van der Waals surface area contributed by atoms with Gasteiger partial charge in [0.1, 0.15) is 5.82 Å². The Labute approximate surface area is 147 Å². The Bertz CT molecular complexity index is 987. The second-order valence-electron chi connectivity index (χ2n) is 6.20. The summed E-state index contributed by atoms with van der Waals surface area (Å²) < 4.78 is 0. The molecule has 1 aliphatic rings. The molecule has 0 fully saturated rings. The average molecular weight is 328 g/mol. The molecule has 0 unspecified atom stereocenters. The minimum absolute atomic E-state index is 0.686. The molecule has 1 aliphatic carbocycles. The Hall–Kier alpha value is -3.01. The minimum Gasteiger partial charge on any atom is -0.373 e. The molecule has 3 aromatic rings. The molecular formula is C21H20N4. The highest BCUT2D eigenvalue weighted by atomic mass is 15.0. The van der Waals surface area contributed by atoms with Crippen LogP contribution in [-0.2, 0) is 0 Å². The normalized spacial score (nSPS) is 14.2. The summed E-state index contributed by atoms with van der Waals surface area (Å²) in [7, 11) is 1.90. The maximum Gasteiger partial charge on any atom is 0.163 e. The van der Waals surface area contributed by atoms with Crippen LogP contribution < -0.4 is 5.32 Å². The summed E-state index contributed by atoms with van der Waals surface area (Å²) in [5.74, 6) is 1.52. The lowest BCUT2D eigenvalue weighted by molar-refractivity contribution is 1.02. The van der Waals surface area contributed by atoms with Gasteiger partial charge in [0, 0.05) is 30.4 Å². The minimum atomic E-state index is 0.686. The van der Waals surface area contributed by atoms with Crippen molar-refractivity contribution < 1.29 is 0 Å². The van der Waals surface area contributed by atoms with Crippen molar-refractivity contribution in [2.75, 3.05) is 12.4 Å². The Balaban J connectivity index is 1.86. The molecule has 0 saturated heterocycles. The first-order valence-electron chi connectivity index (χ1n) is 8.54. The fourth-order valence-electron chi connectivity index (χ4n) is 3.25. The summed E-state index contributed by atoms with van der Waals surface area (Å²) in [4.78, 5) is 13.6. The molecule has 4 nitrogen and oxygen atoms in total. The van der Waals surface area contributed by atoms with Gasteiger partial charge in [0.25, 0.3) is 0 Å². The largest absolute Gasteiger partial charge is 0.373 e. The van der Waals surface area contributed by atoms with Gasteiger partial charge in [-0.15, -0.1) is 0 Å². The second kappa shape index (κ2) is 6.48. The van der Waals surface area contributed by atoms with Crippen molar-refractivity contribution >= 4 is 22.3 Å². The van der Waals surface area contributed by atoms with Crippen molar-refractivity contribution in [1.29, 1.82) is 0 Å². The highest BCUT2D eigenvalue weighted by Crippen LogP contribution is 2.32. The average Bonchev–Trinajstić information content (AvgIpc) is 2.68. The molecule has 1 aromatic carbocycles. The van der Waals surface area contributed by atoms with Crippen LogP contribution in [0.15, 0.2) is 60.5 Å². The number of pyridine rings is 1. The highest BCUT2D eigenvalue weighted by molar-refractivity contribution is 5.94. The molecule has 2 aromatic heterocycles. The van der Waals surface area contributed by atoms with Gasteiger partial charge in [-0.2, -0.15) is 0 Å². The molecule has 0 radical (unpaired) electrons. The molecule has 0 aliphatic heterocycles. The van der Waals surface area contributed by atoms with Crippen LogP contribution in [0.3, 0.4) is 0 Å². The van der Waals surface area contributed by atoms with E-state index in [2.05, 4.69) is 47.6 Å².